The summed E-state index contributed by atoms with van der Waals surface area (Å²) in [7, 11) is 0. The highest BCUT2D eigenvalue weighted by Gasteiger charge is 2.20. The number of nitrogens with zero attached hydrogens (tertiary/aromatic N) is 1. The van der Waals surface area contributed by atoms with Gasteiger partial charge in [0.1, 0.15) is 0 Å². The van der Waals surface area contributed by atoms with E-state index in [0.717, 1.165) is 45.6 Å². The highest BCUT2D eigenvalue weighted by molar-refractivity contribution is 5.75. The van der Waals surface area contributed by atoms with Crippen molar-refractivity contribution < 1.29 is 9.53 Å². The molecule has 1 aliphatic rings. The van der Waals surface area contributed by atoms with Crippen molar-refractivity contribution in [3.05, 3.63) is 0 Å². The van der Waals surface area contributed by atoms with E-state index in [0.29, 0.717) is 12.5 Å². The van der Waals surface area contributed by atoms with Crippen LogP contribution in [0.2, 0.25) is 0 Å². The monoisotopic (exact) mass is 229 g/mol. The molecule has 5 nitrogen and oxygen atoms in total. The van der Waals surface area contributed by atoms with Crippen LogP contribution in [0.25, 0.3) is 0 Å². The van der Waals surface area contributed by atoms with Crippen molar-refractivity contribution in [2.24, 2.45) is 5.84 Å². The first-order chi connectivity index (χ1) is 7.77. The third kappa shape index (κ3) is 4.47. The normalized spacial score (nSPS) is 22.0. The molecule has 3 N–H and O–H groups in total. The first-order valence-electron chi connectivity index (χ1n) is 6.09. The van der Waals surface area contributed by atoms with E-state index in [1.54, 1.807) is 0 Å². The minimum Gasteiger partial charge on any atom is -0.378 e. The van der Waals surface area contributed by atoms with Gasteiger partial charge in [0.2, 0.25) is 5.91 Å². The Morgan fingerprint density at radius 3 is 3.06 bits per heavy atom. The van der Waals surface area contributed by atoms with E-state index in [-0.39, 0.29) is 5.91 Å². The second-order valence-electron chi connectivity index (χ2n) is 4.20. The summed E-state index contributed by atoms with van der Waals surface area (Å²) in [6.45, 7) is 5.94. The predicted octanol–water partition coefficient (Wildman–Crippen LogP) is 0.257. The van der Waals surface area contributed by atoms with Crippen molar-refractivity contribution in [1.82, 2.24) is 10.3 Å². The Bertz CT molecular complexity index is 211. The van der Waals surface area contributed by atoms with E-state index in [1.807, 2.05) is 0 Å². The number of unbranched alkanes of at least 4 members (excludes halogenated alkanes) is 1. The fraction of sp³-hybridized carbons (Fsp3) is 0.909. The molecule has 0 aromatic heterocycles. The van der Waals surface area contributed by atoms with Gasteiger partial charge >= 0.3 is 0 Å². The Morgan fingerprint density at radius 2 is 2.38 bits per heavy atom. The number of hydrogen-bond acceptors (Lipinski definition) is 4. The summed E-state index contributed by atoms with van der Waals surface area (Å²) in [5.41, 5.74) is 2.15. The average molecular weight is 229 g/mol. The van der Waals surface area contributed by atoms with Crippen LogP contribution >= 0.6 is 0 Å². The number of nitrogens with one attached hydrogen (secondary N) is 1. The summed E-state index contributed by atoms with van der Waals surface area (Å²) in [6, 6.07) is 0.553. The van der Waals surface area contributed by atoms with Crippen LogP contribution in [0, 0.1) is 0 Å². The minimum absolute atomic E-state index is 0.0750. The van der Waals surface area contributed by atoms with Gasteiger partial charge in [0.05, 0.1) is 13.2 Å². The minimum atomic E-state index is -0.0750. The Morgan fingerprint density at radius 1 is 1.56 bits per heavy atom. The smallest absolute Gasteiger partial charge is 0.233 e. The lowest BCUT2D eigenvalue weighted by Gasteiger charge is -2.35. The van der Waals surface area contributed by atoms with Gasteiger partial charge in [-0.25, -0.2) is 5.84 Å². The number of ether oxygens (including phenoxy) is 1. The maximum atomic E-state index is 10.9. The van der Waals surface area contributed by atoms with Crippen molar-refractivity contribution in [3.8, 4) is 0 Å². The van der Waals surface area contributed by atoms with Gasteiger partial charge in [0, 0.05) is 19.0 Å². The van der Waals surface area contributed by atoms with Crippen LogP contribution in [0.1, 0.15) is 32.6 Å². The largest absolute Gasteiger partial charge is 0.378 e. The number of carbonyl (C=O) groups is 1. The molecule has 1 atom stereocenters. The Balaban J connectivity index is 2.13. The standard InChI is InChI=1S/C11H23N3O2/c1-2-10-9-16-8-7-14(10)6-4-3-5-11(15)13-12/h10H,2-9,12H2,1H3,(H,13,15). The first-order valence-corrected chi connectivity index (χ1v) is 6.09. The van der Waals surface area contributed by atoms with Crippen LogP contribution in [0.5, 0.6) is 0 Å². The molecule has 1 aliphatic heterocycles. The maximum absolute atomic E-state index is 10.9. The highest BCUT2D eigenvalue weighted by Crippen LogP contribution is 2.11. The lowest BCUT2D eigenvalue weighted by atomic mass is 10.1. The van der Waals surface area contributed by atoms with E-state index in [1.165, 1.54) is 0 Å². The number of amides is 1. The summed E-state index contributed by atoms with van der Waals surface area (Å²) >= 11 is 0. The van der Waals surface area contributed by atoms with Crippen LogP contribution in [-0.4, -0.2) is 43.2 Å². The Hall–Kier alpha value is -0.650. The van der Waals surface area contributed by atoms with E-state index in [4.69, 9.17) is 10.6 Å². The highest BCUT2D eigenvalue weighted by atomic mass is 16.5. The van der Waals surface area contributed by atoms with Crippen molar-refractivity contribution in [2.75, 3.05) is 26.3 Å². The summed E-state index contributed by atoms with van der Waals surface area (Å²) in [5, 5.41) is 0. The number of hydrogen-bond donors (Lipinski definition) is 2. The van der Waals surface area contributed by atoms with Crippen LogP contribution < -0.4 is 11.3 Å². The van der Waals surface area contributed by atoms with Gasteiger partial charge in [0.15, 0.2) is 0 Å². The van der Waals surface area contributed by atoms with Crippen molar-refractivity contribution in [1.29, 1.82) is 0 Å². The van der Waals surface area contributed by atoms with Crippen LogP contribution in [0.15, 0.2) is 0 Å². The van der Waals surface area contributed by atoms with Crippen molar-refractivity contribution in [2.45, 2.75) is 38.6 Å². The molecule has 16 heavy (non-hydrogen) atoms. The molecule has 0 aromatic rings. The van der Waals surface area contributed by atoms with E-state index < -0.39 is 0 Å². The Kier molecular flexibility index (Phi) is 6.37. The topological polar surface area (TPSA) is 67.6 Å². The van der Waals surface area contributed by atoms with Crippen molar-refractivity contribution >= 4 is 5.91 Å². The third-order valence-electron chi connectivity index (χ3n) is 3.08. The molecule has 1 heterocycles. The summed E-state index contributed by atoms with van der Waals surface area (Å²) in [6.07, 6.45) is 3.60. The summed E-state index contributed by atoms with van der Waals surface area (Å²) in [4.78, 5) is 13.4. The fourth-order valence-corrected chi connectivity index (χ4v) is 2.03. The second-order valence-corrected chi connectivity index (χ2v) is 4.20. The number of hydrazine groups is 1. The first kappa shape index (κ1) is 13.4. The predicted molar refractivity (Wildman–Crippen MR) is 62.7 cm³/mol. The molecule has 0 aliphatic carbocycles. The lowest BCUT2D eigenvalue weighted by Crippen LogP contribution is -2.45. The van der Waals surface area contributed by atoms with Crippen LogP contribution in [0.4, 0.5) is 0 Å². The van der Waals surface area contributed by atoms with E-state index in [2.05, 4.69) is 17.2 Å². The molecule has 0 spiro atoms. The molecule has 1 fully saturated rings. The quantitative estimate of drug-likeness (QED) is 0.297. The maximum Gasteiger partial charge on any atom is 0.233 e. The molecule has 1 rings (SSSR count). The molecule has 1 saturated heterocycles. The molecule has 5 heteroatoms. The van der Waals surface area contributed by atoms with Gasteiger partial charge < -0.3 is 4.74 Å². The zero-order valence-corrected chi connectivity index (χ0v) is 10.1. The molecule has 94 valence electrons. The third-order valence-corrected chi connectivity index (χ3v) is 3.08. The molecule has 1 amide bonds. The van der Waals surface area contributed by atoms with Gasteiger partial charge in [-0.15, -0.1) is 0 Å². The zero-order chi connectivity index (χ0) is 11.8. The molecule has 0 bridgehead atoms. The Labute approximate surface area is 97.3 Å². The van der Waals surface area contributed by atoms with Crippen LogP contribution in [-0.2, 0) is 9.53 Å². The molecule has 1 unspecified atom stereocenters. The zero-order valence-electron chi connectivity index (χ0n) is 10.1. The number of morpholine rings is 1. The lowest BCUT2D eigenvalue weighted by molar-refractivity contribution is -0.121. The van der Waals surface area contributed by atoms with Gasteiger partial charge in [-0.2, -0.15) is 0 Å². The molecular formula is C11H23N3O2. The number of carbonyl (C=O) groups excluding carboxylic acids is 1. The second kappa shape index (κ2) is 7.60. The molecule has 0 radical (unpaired) electrons. The molecular weight excluding hydrogens is 206 g/mol. The van der Waals surface area contributed by atoms with Gasteiger partial charge in [-0.1, -0.05) is 6.92 Å². The number of rotatable bonds is 6. The average Bonchev–Trinajstić information content (AvgIpc) is 2.34. The van der Waals surface area contributed by atoms with E-state index in [9.17, 15) is 4.79 Å². The summed E-state index contributed by atoms with van der Waals surface area (Å²) in [5.74, 6) is 4.94. The summed E-state index contributed by atoms with van der Waals surface area (Å²) < 4.78 is 5.44. The fourth-order valence-electron chi connectivity index (χ4n) is 2.03. The van der Waals surface area contributed by atoms with Gasteiger partial charge in [-0.05, 0) is 25.8 Å². The van der Waals surface area contributed by atoms with Gasteiger partial charge in [0.25, 0.3) is 0 Å². The van der Waals surface area contributed by atoms with Gasteiger partial charge in [-0.3, -0.25) is 15.1 Å². The molecule has 0 saturated carbocycles. The van der Waals surface area contributed by atoms with E-state index >= 15 is 0 Å². The number of nitrogens with two attached hydrogens (primary N) is 1. The van der Waals surface area contributed by atoms with Crippen LogP contribution in [0.3, 0.4) is 0 Å². The molecule has 0 aromatic carbocycles. The SMILES string of the molecule is CCC1COCCN1CCCCC(=O)NN. The van der Waals surface area contributed by atoms with Crippen molar-refractivity contribution in [3.63, 3.8) is 0 Å².